The average molecular weight is 297 g/mol. The van der Waals surface area contributed by atoms with Gasteiger partial charge in [0.25, 0.3) is 0 Å². The summed E-state index contributed by atoms with van der Waals surface area (Å²) in [4.78, 5) is 25.8. The van der Waals surface area contributed by atoms with Gasteiger partial charge in [0.2, 0.25) is 11.8 Å². The van der Waals surface area contributed by atoms with Crippen molar-refractivity contribution in [3.8, 4) is 0 Å². The second kappa shape index (κ2) is 5.72. The van der Waals surface area contributed by atoms with Gasteiger partial charge in [-0.1, -0.05) is 29.8 Å². The predicted octanol–water partition coefficient (Wildman–Crippen LogP) is 3.26. The van der Waals surface area contributed by atoms with E-state index in [0.29, 0.717) is 12.1 Å². The third-order valence-corrected chi connectivity index (χ3v) is 3.89. The lowest BCUT2D eigenvalue weighted by Gasteiger charge is -2.15. The van der Waals surface area contributed by atoms with Crippen molar-refractivity contribution in [3.63, 3.8) is 0 Å². The number of amides is 2. The molecule has 1 aliphatic heterocycles. The van der Waals surface area contributed by atoms with Gasteiger partial charge in [0, 0.05) is 6.42 Å². The van der Waals surface area contributed by atoms with E-state index in [0.717, 1.165) is 11.1 Å². The van der Waals surface area contributed by atoms with E-state index in [-0.39, 0.29) is 30.0 Å². The number of carbonyl (C=O) groups is 2. The summed E-state index contributed by atoms with van der Waals surface area (Å²) in [6, 6.07) is 13.4. The predicted molar refractivity (Wildman–Crippen MR) is 81.9 cm³/mol. The molecule has 0 spiro atoms. The lowest BCUT2D eigenvalue weighted by Crippen LogP contribution is -2.30. The molecule has 2 aromatic carbocycles. The third kappa shape index (κ3) is 2.77. The van der Waals surface area contributed by atoms with E-state index in [4.69, 9.17) is 0 Å². The highest BCUT2D eigenvalue weighted by Crippen LogP contribution is 2.29. The number of anilines is 1. The third-order valence-electron chi connectivity index (χ3n) is 3.89. The van der Waals surface area contributed by atoms with Gasteiger partial charge in [-0.2, -0.15) is 0 Å². The zero-order valence-electron chi connectivity index (χ0n) is 12.3. The van der Waals surface area contributed by atoms with E-state index in [1.165, 1.54) is 29.2 Å². The number of hydrogen-bond donors (Lipinski definition) is 0. The summed E-state index contributed by atoms with van der Waals surface area (Å²) >= 11 is 0. The number of hydrogen-bond acceptors (Lipinski definition) is 2. The molecule has 112 valence electrons. The Kier molecular flexibility index (Phi) is 3.75. The molecule has 1 fully saturated rings. The highest BCUT2D eigenvalue weighted by Gasteiger charge is 2.39. The molecule has 1 atom stereocenters. The Balaban J connectivity index is 1.81. The van der Waals surface area contributed by atoms with Gasteiger partial charge in [-0.25, -0.2) is 4.39 Å². The largest absolute Gasteiger partial charge is 0.274 e. The van der Waals surface area contributed by atoms with Gasteiger partial charge in [0.05, 0.1) is 11.6 Å². The first kappa shape index (κ1) is 14.4. The van der Waals surface area contributed by atoms with Gasteiger partial charge in [0.1, 0.15) is 5.82 Å². The van der Waals surface area contributed by atoms with Crippen LogP contribution in [-0.4, -0.2) is 11.8 Å². The topological polar surface area (TPSA) is 37.4 Å². The molecule has 22 heavy (non-hydrogen) atoms. The maximum absolute atomic E-state index is 13.0. The summed E-state index contributed by atoms with van der Waals surface area (Å²) < 4.78 is 13.0. The van der Waals surface area contributed by atoms with Crippen molar-refractivity contribution in [2.75, 3.05) is 4.90 Å². The maximum Gasteiger partial charge on any atom is 0.237 e. The fourth-order valence-corrected chi connectivity index (χ4v) is 2.84. The van der Waals surface area contributed by atoms with Crippen LogP contribution in [0, 0.1) is 18.7 Å². The molecular weight excluding hydrogens is 281 g/mol. The van der Waals surface area contributed by atoms with Crippen molar-refractivity contribution in [2.24, 2.45) is 5.92 Å². The van der Waals surface area contributed by atoms with Crippen LogP contribution in [0.3, 0.4) is 0 Å². The van der Waals surface area contributed by atoms with Crippen LogP contribution in [0.5, 0.6) is 0 Å². The van der Waals surface area contributed by atoms with Crippen molar-refractivity contribution in [1.29, 1.82) is 0 Å². The number of carbonyl (C=O) groups excluding carboxylic acids is 2. The van der Waals surface area contributed by atoms with Crippen molar-refractivity contribution in [3.05, 3.63) is 65.5 Å². The fourth-order valence-electron chi connectivity index (χ4n) is 2.84. The Labute approximate surface area is 128 Å². The molecule has 0 saturated carbocycles. The Morgan fingerprint density at radius 2 is 1.86 bits per heavy atom. The van der Waals surface area contributed by atoms with E-state index in [9.17, 15) is 14.0 Å². The summed E-state index contributed by atoms with van der Waals surface area (Å²) in [5.74, 6) is -1.18. The van der Waals surface area contributed by atoms with Gasteiger partial charge in [-0.15, -0.1) is 0 Å². The minimum absolute atomic E-state index is 0.199. The molecule has 4 heteroatoms. The lowest BCUT2D eigenvalue weighted by molar-refractivity contribution is -0.122. The second-order valence-corrected chi connectivity index (χ2v) is 5.64. The molecule has 2 aromatic rings. The summed E-state index contributed by atoms with van der Waals surface area (Å²) in [6.07, 6.45) is 0.744. The maximum atomic E-state index is 13.0. The van der Waals surface area contributed by atoms with Gasteiger partial charge in [-0.3, -0.25) is 14.5 Å². The molecule has 0 unspecified atom stereocenters. The first-order valence-electron chi connectivity index (χ1n) is 7.22. The SMILES string of the molecule is Cc1cccc(C[C@H]2CC(=O)N(c3ccc(F)cc3)C2=O)c1. The summed E-state index contributed by atoms with van der Waals surface area (Å²) in [5, 5.41) is 0. The second-order valence-electron chi connectivity index (χ2n) is 5.64. The summed E-state index contributed by atoms with van der Waals surface area (Å²) in [7, 11) is 0. The van der Waals surface area contributed by atoms with E-state index >= 15 is 0 Å². The van der Waals surface area contributed by atoms with Crippen LogP contribution in [-0.2, 0) is 16.0 Å². The van der Waals surface area contributed by atoms with Gasteiger partial charge in [-0.05, 0) is 43.2 Å². The van der Waals surface area contributed by atoms with Crippen LogP contribution >= 0.6 is 0 Å². The molecule has 0 aromatic heterocycles. The zero-order chi connectivity index (χ0) is 15.7. The number of imide groups is 1. The monoisotopic (exact) mass is 297 g/mol. The van der Waals surface area contributed by atoms with E-state index < -0.39 is 0 Å². The Morgan fingerprint density at radius 3 is 2.55 bits per heavy atom. The first-order valence-corrected chi connectivity index (χ1v) is 7.22. The molecule has 1 heterocycles. The normalized spacial score (nSPS) is 18.1. The molecule has 1 saturated heterocycles. The Hall–Kier alpha value is -2.49. The summed E-state index contributed by atoms with van der Waals surface area (Å²) in [5.41, 5.74) is 2.61. The zero-order valence-corrected chi connectivity index (χ0v) is 12.3. The smallest absolute Gasteiger partial charge is 0.237 e. The molecule has 0 N–H and O–H groups in total. The minimum atomic E-state index is -0.390. The van der Waals surface area contributed by atoms with Crippen molar-refractivity contribution in [2.45, 2.75) is 19.8 Å². The number of aryl methyl sites for hydroxylation is 1. The van der Waals surface area contributed by atoms with Crippen molar-refractivity contribution < 1.29 is 14.0 Å². The quantitative estimate of drug-likeness (QED) is 0.816. The van der Waals surface area contributed by atoms with Crippen LogP contribution in [0.1, 0.15) is 17.5 Å². The summed E-state index contributed by atoms with van der Waals surface area (Å²) in [6.45, 7) is 2.00. The van der Waals surface area contributed by atoms with Gasteiger partial charge in [0.15, 0.2) is 0 Å². The van der Waals surface area contributed by atoms with Crippen LogP contribution < -0.4 is 4.90 Å². The lowest BCUT2D eigenvalue weighted by atomic mass is 9.97. The van der Waals surface area contributed by atoms with Crippen molar-refractivity contribution in [1.82, 2.24) is 0 Å². The van der Waals surface area contributed by atoms with E-state index in [2.05, 4.69) is 0 Å². The number of nitrogens with zero attached hydrogens (tertiary/aromatic N) is 1. The van der Waals surface area contributed by atoms with Crippen LogP contribution in [0.15, 0.2) is 48.5 Å². The van der Waals surface area contributed by atoms with E-state index in [1.807, 2.05) is 31.2 Å². The van der Waals surface area contributed by atoms with Crippen molar-refractivity contribution >= 4 is 17.5 Å². The standard InChI is InChI=1S/C18H16FNO2/c1-12-3-2-4-13(9-12)10-14-11-17(21)20(18(14)22)16-7-5-15(19)6-8-16/h2-9,14H,10-11H2,1H3/t14-/m0/s1. The Morgan fingerprint density at radius 1 is 1.14 bits per heavy atom. The fraction of sp³-hybridized carbons (Fsp3) is 0.222. The average Bonchev–Trinajstić information content (AvgIpc) is 2.75. The first-order chi connectivity index (χ1) is 10.5. The minimum Gasteiger partial charge on any atom is -0.274 e. The molecule has 0 aliphatic carbocycles. The van der Waals surface area contributed by atoms with Gasteiger partial charge < -0.3 is 0 Å². The molecular formula is C18H16FNO2. The molecule has 1 aliphatic rings. The molecule has 2 amide bonds. The molecule has 3 nitrogen and oxygen atoms in total. The van der Waals surface area contributed by atoms with Crippen LogP contribution in [0.25, 0.3) is 0 Å². The highest BCUT2D eigenvalue weighted by atomic mass is 19.1. The molecule has 3 rings (SSSR count). The van der Waals surface area contributed by atoms with E-state index in [1.54, 1.807) is 0 Å². The van der Waals surface area contributed by atoms with Gasteiger partial charge >= 0.3 is 0 Å². The van der Waals surface area contributed by atoms with Crippen LogP contribution in [0.2, 0.25) is 0 Å². The van der Waals surface area contributed by atoms with Crippen LogP contribution in [0.4, 0.5) is 10.1 Å². The number of benzene rings is 2. The molecule has 0 radical (unpaired) electrons. The number of halogens is 1. The Bertz CT molecular complexity index is 724. The number of rotatable bonds is 3. The highest BCUT2D eigenvalue weighted by molar-refractivity contribution is 6.20. The molecule has 0 bridgehead atoms.